The average molecular weight is 316 g/mol. The lowest BCUT2D eigenvalue weighted by atomic mass is 9.91. The molecule has 1 aliphatic rings. The fraction of sp³-hybridized carbons (Fsp3) is 0.278. The predicted molar refractivity (Wildman–Crippen MR) is 86.8 cm³/mol. The van der Waals surface area contributed by atoms with Gasteiger partial charge in [0.2, 0.25) is 0 Å². The molecule has 1 atom stereocenters. The molecule has 2 aromatic carbocycles. The Morgan fingerprint density at radius 1 is 1.05 bits per heavy atom. The summed E-state index contributed by atoms with van der Waals surface area (Å²) in [4.78, 5) is 14.4. The Labute approximate surface area is 135 Å². The Kier molecular flexibility index (Phi) is 3.31. The minimum absolute atomic E-state index is 0.166. The van der Waals surface area contributed by atoms with E-state index in [1.165, 1.54) is 4.90 Å². The maximum Gasteiger partial charge on any atom is 0.257 e. The van der Waals surface area contributed by atoms with Gasteiger partial charge >= 0.3 is 0 Å². The summed E-state index contributed by atoms with van der Waals surface area (Å²) >= 11 is 5.96. The molecule has 4 heteroatoms. The molecule has 0 bridgehead atoms. The highest BCUT2D eigenvalue weighted by molar-refractivity contribution is 6.30. The highest BCUT2D eigenvalue weighted by atomic mass is 35.5. The number of carbonyl (C=O) groups is 1. The monoisotopic (exact) mass is 315 g/mol. The highest BCUT2D eigenvalue weighted by Crippen LogP contribution is 2.45. The Balaban J connectivity index is 2.29. The molecule has 1 aliphatic heterocycles. The number of nitrogens with zero attached hydrogens (tertiary/aromatic N) is 1. The van der Waals surface area contributed by atoms with Gasteiger partial charge in [0.25, 0.3) is 5.91 Å². The lowest BCUT2D eigenvalue weighted by Crippen LogP contribution is -2.54. The van der Waals surface area contributed by atoms with Gasteiger partial charge < -0.3 is 5.11 Å². The van der Waals surface area contributed by atoms with Crippen LogP contribution in [0.5, 0.6) is 0 Å². The fourth-order valence-corrected chi connectivity index (χ4v) is 3.24. The van der Waals surface area contributed by atoms with Crippen LogP contribution in [-0.2, 0) is 5.72 Å². The van der Waals surface area contributed by atoms with Crippen LogP contribution in [0.25, 0.3) is 0 Å². The van der Waals surface area contributed by atoms with Crippen LogP contribution in [0.3, 0.4) is 0 Å². The molecule has 0 aliphatic carbocycles. The minimum atomic E-state index is -1.49. The van der Waals surface area contributed by atoms with Crippen molar-refractivity contribution in [3.63, 3.8) is 0 Å². The second-order valence-corrected chi connectivity index (χ2v) is 6.97. The molecule has 2 aromatic rings. The first-order chi connectivity index (χ1) is 10.3. The number of aliphatic hydroxyl groups is 1. The van der Waals surface area contributed by atoms with E-state index in [1.807, 2.05) is 32.9 Å². The van der Waals surface area contributed by atoms with Gasteiger partial charge in [-0.15, -0.1) is 0 Å². The van der Waals surface area contributed by atoms with Gasteiger partial charge in [0, 0.05) is 27.3 Å². The van der Waals surface area contributed by atoms with Crippen LogP contribution in [0, 0.1) is 0 Å². The van der Waals surface area contributed by atoms with Crippen LogP contribution in [0.15, 0.2) is 48.5 Å². The van der Waals surface area contributed by atoms with Crippen LogP contribution in [0.1, 0.15) is 42.3 Å². The molecule has 1 N–H and O–H groups in total. The fourth-order valence-electron chi connectivity index (χ4n) is 3.12. The van der Waals surface area contributed by atoms with Crippen molar-refractivity contribution in [2.75, 3.05) is 0 Å². The highest BCUT2D eigenvalue weighted by Gasteiger charge is 2.53. The third-order valence-electron chi connectivity index (χ3n) is 3.98. The van der Waals surface area contributed by atoms with Gasteiger partial charge in [-0.25, -0.2) is 0 Å². The van der Waals surface area contributed by atoms with Gasteiger partial charge in [-0.1, -0.05) is 41.9 Å². The van der Waals surface area contributed by atoms with Gasteiger partial charge in [-0.2, -0.15) is 0 Å². The van der Waals surface area contributed by atoms with E-state index in [0.29, 0.717) is 21.7 Å². The van der Waals surface area contributed by atoms with Gasteiger partial charge in [-0.05, 0) is 39.0 Å². The molecule has 1 heterocycles. The Bertz CT molecular complexity index is 733. The molecule has 0 radical (unpaired) electrons. The van der Waals surface area contributed by atoms with Gasteiger partial charge in [-0.3, -0.25) is 9.69 Å². The maximum absolute atomic E-state index is 12.8. The molecule has 0 saturated heterocycles. The molecular formula is C18H18ClNO2. The number of fused-ring (bicyclic) bond motifs is 1. The summed E-state index contributed by atoms with van der Waals surface area (Å²) in [6.07, 6.45) is 0. The molecular weight excluding hydrogens is 298 g/mol. The Hall–Kier alpha value is -1.84. The first-order valence-electron chi connectivity index (χ1n) is 7.19. The van der Waals surface area contributed by atoms with Crippen LogP contribution in [0.2, 0.25) is 5.02 Å². The third-order valence-corrected chi connectivity index (χ3v) is 4.23. The first-order valence-corrected chi connectivity index (χ1v) is 7.56. The number of halogens is 1. The van der Waals surface area contributed by atoms with Gasteiger partial charge in [0.1, 0.15) is 0 Å². The molecule has 0 saturated carbocycles. The summed E-state index contributed by atoms with van der Waals surface area (Å²) in [5.74, 6) is -0.166. The van der Waals surface area contributed by atoms with Crippen LogP contribution in [-0.4, -0.2) is 21.5 Å². The average Bonchev–Trinajstić information content (AvgIpc) is 2.69. The zero-order valence-corrected chi connectivity index (χ0v) is 13.6. The standard InChI is InChI=1S/C18H18ClNO2/c1-17(2,3)20-16(21)14-6-4-5-7-15(14)18(20,22)12-8-10-13(19)11-9-12/h4-11,22H,1-3H3. The van der Waals surface area contributed by atoms with Crippen LogP contribution >= 0.6 is 11.6 Å². The Morgan fingerprint density at radius 2 is 1.64 bits per heavy atom. The SMILES string of the molecule is CC(C)(C)N1C(=O)c2ccccc2C1(O)c1ccc(Cl)cc1. The second kappa shape index (κ2) is 4.83. The smallest absolute Gasteiger partial charge is 0.257 e. The molecule has 0 aromatic heterocycles. The van der Waals surface area contributed by atoms with Crippen molar-refractivity contribution in [1.29, 1.82) is 0 Å². The molecule has 3 nitrogen and oxygen atoms in total. The minimum Gasteiger partial charge on any atom is -0.363 e. The van der Waals surface area contributed by atoms with E-state index < -0.39 is 11.3 Å². The van der Waals surface area contributed by atoms with E-state index in [0.717, 1.165) is 0 Å². The number of amides is 1. The summed E-state index contributed by atoms with van der Waals surface area (Å²) in [6, 6.07) is 14.2. The summed E-state index contributed by atoms with van der Waals surface area (Å²) in [6.45, 7) is 5.74. The first kappa shape index (κ1) is 15.1. The molecule has 0 fully saturated rings. The molecule has 22 heavy (non-hydrogen) atoms. The summed E-state index contributed by atoms with van der Waals surface area (Å²) in [5, 5.41) is 12.1. The normalized spacial score (nSPS) is 21.1. The molecule has 0 spiro atoms. The van der Waals surface area contributed by atoms with Crippen LogP contribution in [0.4, 0.5) is 0 Å². The van der Waals surface area contributed by atoms with Crippen molar-refractivity contribution >= 4 is 17.5 Å². The quantitative estimate of drug-likeness (QED) is 0.870. The summed E-state index contributed by atoms with van der Waals surface area (Å²) in [5.41, 5.74) is -0.252. The van der Waals surface area contributed by atoms with Crippen molar-refractivity contribution in [1.82, 2.24) is 4.90 Å². The molecule has 3 rings (SSSR count). The van der Waals surface area contributed by atoms with E-state index in [2.05, 4.69) is 0 Å². The maximum atomic E-state index is 12.8. The number of hydrogen-bond acceptors (Lipinski definition) is 2. The molecule has 1 amide bonds. The lowest BCUT2D eigenvalue weighted by molar-refractivity contribution is -0.0876. The van der Waals surface area contributed by atoms with Crippen molar-refractivity contribution < 1.29 is 9.90 Å². The van der Waals surface area contributed by atoms with E-state index in [4.69, 9.17) is 11.6 Å². The zero-order chi connectivity index (χ0) is 16.1. The Morgan fingerprint density at radius 3 is 2.23 bits per heavy atom. The number of benzene rings is 2. The lowest BCUT2D eigenvalue weighted by Gasteiger charge is -2.43. The number of hydrogen-bond donors (Lipinski definition) is 1. The van der Waals surface area contributed by atoms with E-state index in [-0.39, 0.29) is 5.91 Å². The van der Waals surface area contributed by atoms with Crippen molar-refractivity contribution in [3.8, 4) is 0 Å². The second-order valence-electron chi connectivity index (χ2n) is 6.54. The largest absolute Gasteiger partial charge is 0.363 e. The van der Waals surface area contributed by atoms with E-state index in [9.17, 15) is 9.90 Å². The molecule has 114 valence electrons. The van der Waals surface area contributed by atoms with E-state index in [1.54, 1.807) is 36.4 Å². The van der Waals surface area contributed by atoms with Crippen molar-refractivity contribution in [3.05, 3.63) is 70.2 Å². The zero-order valence-electron chi connectivity index (χ0n) is 12.8. The summed E-state index contributed by atoms with van der Waals surface area (Å²) < 4.78 is 0. The van der Waals surface area contributed by atoms with Crippen LogP contribution < -0.4 is 0 Å². The topological polar surface area (TPSA) is 40.5 Å². The van der Waals surface area contributed by atoms with Crippen molar-refractivity contribution in [2.45, 2.75) is 32.0 Å². The predicted octanol–water partition coefficient (Wildman–Crippen LogP) is 3.79. The number of rotatable bonds is 1. The molecule has 1 unspecified atom stereocenters. The summed E-state index contributed by atoms with van der Waals surface area (Å²) in [7, 11) is 0. The van der Waals surface area contributed by atoms with E-state index >= 15 is 0 Å². The van der Waals surface area contributed by atoms with Gasteiger partial charge in [0.15, 0.2) is 5.72 Å². The third kappa shape index (κ3) is 2.04. The van der Waals surface area contributed by atoms with Gasteiger partial charge in [0.05, 0.1) is 0 Å². The van der Waals surface area contributed by atoms with Crippen molar-refractivity contribution in [2.24, 2.45) is 0 Å². The number of carbonyl (C=O) groups excluding carboxylic acids is 1.